The van der Waals surface area contributed by atoms with Gasteiger partial charge in [-0.2, -0.15) is 0 Å². The topological polar surface area (TPSA) is 67.9 Å². The van der Waals surface area contributed by atoms with Gasteiger partial charge in [-0.3, -0.25) is 9.59 Å². The van der Waals surface area contributed by atoms with E-state index < -0.39 is 0 Å². The summed E-state index contributed by atoms with van der Waals surface area (Å²) in [4.78, 5) is 27.8. The number of para-hydroxylation sites is 2. The molecule has 1 heterocycles. The second-order valence-electron chi connectivity index (χ2n) is 7.17. The van der Waals surface area contributed by atoms with Gasteiger partial charge in [-0.1, -0.05) is 54.6 Å². The minimum atomic E-state index is -0.328. The van der Waals surface area contributed by atoms with Gasteiger partial charge in [0.25, 0.3) is 11.8 Å². The zero-order chi connectivity index (χ0) is 21.5. The fourth-order valence-corrected chi connectivity index (χ4v) is 3.42. The highest BCUT2D eigenvalue weighted by Crippen LogP contribution is 2.23. The van der Waals surface area contributed by atoms with Crippen molar-refractivity contribution in [3.05, 3.63) is 95.6 Å². The molecule has 158 valence electrons. The number of hydrogen-bond acceptors (Lipinski definition) is 4. The smallest absolute Gasteiger partial charge is 0.259 e. The molecular formula is C25H24N2O4. The molecule has 0 unspecified atom stereocenters. The predicted molar refractivity (Wildman–Crippen MR) is 118 cm³/mol. The van der Waals surface area contributed by atoms with Crippen LogP contribution in [0.15, 0.2) is 78.9 Å². The zero-order valence-electron chi connectivity index (χ0n) is 17.1. The fraction of sp³-hybridized carbons (Fsp3) is 0.200. The van der Waals surface area contributed by atoms with Crippen molar-refractivity contribution in [3.8, 4) is 5.75 Å². The van der Waals surface area contributed by atoms with Crippen molar-refractivity contribution in [2.24, 2.45) is 0 Å². The zero-order valence-corrected chi connectivity index (χ0v) is 17.1. The van der Waals surface area contributed by atoms with Gasteiger partial charge in [0.15, 0.2) is 0 Å². The summed E-state index contributed by atoms with van der Waals surface area (Å²) in [5.41, 5.74) is 2.36. The Hall–Kier alpha value is -3.64. The van der Waals surface area contributed by atoms with E-state index in [1.807, 2.05) is 36.4 Å². The van der Waals surface area contributed by atoms with Gasteiger partial charge < -0.3 is 19.7 Å². The third-order valence-corrected chi connectivity index (χ3v) is 5.07. The van der Waals surface area contributed by atoms with Gasteiger partial charge >= 0.3 is 0 Å². The summed E-state index contributed by atoms with van der Waals surface area (Å²) in [6.45, 7) is 2.48. The molecule has 2 amide bonds. The number of ether oxygens (including phenoxy) is 2. The van der Waals surface area contributed by atoms with Crippen LogP contribution < -0.4 is 10.1 Å². The maximum absolute atomic E-state index is 13.1. The van der Waals surface area contributed by atoms with Crippen molar-refractivity contribution < 1.29 is 19.1 Å². The summed E-state index contributed by atoms with van der Waals surface area (Å²) in [7, 11) is 0. The molecule has 0 saturated carbocycles. The van der Waals surface area contributed by atoms with Gasteiger partial charge in [0.1, 0.15) is 12.4 Å². The van der Waals surface area contributed by atoms with Crippen molar-refractivity contribution in [3.63, 3.8) is 0 Å². The van der Waals surface area contributed by atoms with E-state index in [0.717, 1.165) is 5.56 Å². The van der Waals surface area contributed by atoms with Crippen LogP contribution in [0.3, 0.4) is 0 Å². The number of nitrogens with one attached hydrogen (secondary N) is 1. The minimum absolute atomic E-state index is 0.118. The van der Waals surface area contributed by atoms with Gasteiger partial charge in [-0.15, -0.1) is 0 Å². The third-order valence-electron chi connectivity index (χ3n) is 5.07. The van der Waals surface area contributed by atoms with Crippen LogP contribution in [0.4, 0.5) is 5.69 Å². The molecule has 1 aliphatic heterocycles. The van der Waals surface area contributed by atoms with Gasteiger partial charge in [-0.05, 0) is 29.8 Å². The summed E-state index contributed by atoms with van der Waals surface area (Å²) < 4.78 is 11.2. The lowest BCUT2D eigenvalue weighted by Crippen LogP contribution is -2.41. The Kier molecular flexibility index (Phi) is 6.59. The molecule has 0 aromatic heterocycles. The van der Waals surface area contributed by atoms with E-state index in [4.69, 9.17) is 9.47 Å². The van der Waals surface area contributed by atoms with E-state index in [1.54, 1.807) is 47.4 Å². The lowest BCUT2D eigenvalue weighted by atomic mass is 10.1. The lowest BCUT2D eigenvalue weighted by Gasteiger charge is -2.27. The standard InChI is InChI=1S/C25H24N2O4/c28-24(21-11-5-7-13-23(21)31-18-19-8-2-1-3-9-19)26-22-12-6-4-10-20(22)25(29)27-14-16-30-17-15-27/h1-13H,14-18H2,(H,26,28). The highest BCUT2D eigenvalue weighted by molar-refractivity contribution is 6.10. The van der Waals surface area contributed by atoms with Crippen molar-refractivity contribution in [1.82, 2.24) is 4.90 Å². The summed E-state index contributed by atoms with van der Waals surface area (Å²) in [6, 6.07) is 23.9. The number of hydrogen-bond donors (Lipinski definition) is 1. The molecule has 1 N–H and O–H groups in total. The van der Waals surface area contributed by atoms with Gasteiger partial charge in [-0.25, -0.2) is 0 Å². The Morgan fingerprint density at radius 2 is 1.48 bits per heavy atom. The molecule has 1 aliphatic rings. The Morgan fingerprint density at radius 3 is 2.26 bits per heavy atom. The first-order chi connectivity index (χ1) is 15.2. The molecule has 0 radical (unpaired) electrons. The number of benzene rings is 3. The molecule has 0 bridgehead atoms. The van der Waals surface area contributed by atoms with Crippen LogP contribution in [0.5, 0.6) is 5.75 Å². The van der Waals surface area contributed by atoms with Crippen LogP contribution in [0.25, 0.3) is 0 Å². The summed E-state index contributed by atoms with van der Waals surface area (Å²) in [5, 5.41) is 2.89. The molecule has 4 rings (SSSR count). The number of carbonyl (C=O) groups excluding carboxylic acids is 2. The van der Waals surface area contributed by atoms with Crippen LogP contribution in [-0.4, -0.2) is 43.0 Å². The third kappa shape index (κ3) is 5.10. The van der Waals surface area contributed by atoms with E-state index >= 15 is 0 Å². The number of anilines is 1. The molecule has 3 aromatic rings. The maximum atomic E-state index is 13.1. The van der Waals surface area contributed by atoms with Crippen molar-refractivity contribution in [2.45, 2.75) is 6.61 Å². The average molecular weight is 416 g/mol. The van der Waals surface area contributed by atoms with Crippen LogP contribution in [0.2, 0.25) is 0 Å². The molecular weight excluding hydrogens is 392 g/mol. The molecule has 0 atom stereocenters. The van der Waals surface area contributed by atoms with E-state index in [0.29, 0.717) is 55.5 Å². The first kappa shape index (κ1) is 20.6. The maximum Gasteiger partial charge on any atom is 0.259 e. The van der Waals surface area contributed by atoms with Crippen molar-refractivity contribution in [1.29, 1.82) is 0 Å². The summed E-state index contributed by atoms with van der Waals surface area (Å²) in [6.07, 6.45) is 0. The highest BCUT2D eigenvalue weighted by atomic mass is 16.5. The van der Waals surface area contributed by atoms with Crippen LogP contribution in [0, 0.1) is 0 Å². The van der Waals surface area contributed by atoms with Crippen LogP contribution in [0.1, 0.15) is 26.3 Å². The molecule has 1 fully saturated rings. The number of morpholine rings is 1. The Balaban J connectivity index is 1.51. The first-order valence-corrected chi connectivity index (χ1v) is 10.3. The van der Waals surface area contributed by atoms with Crippen molar-refractivity contribution >= 4 is 17.5 Å². The average Bonchev–Trinajstić information content (AvgIpc) is 2.84. The van der Waals surface area contributed by atoms with Gasteiger partial charge in [0.2, 0.25) is 0 Å². The van der Waals surface area contributed by atoms with Gasteiger partial charge in [0.05, 0.1) is 30.0 Å². The largest absolute Gasteiger partial charge is 0.488 e. The lowest BCUT2D eigenvalue weighted by molar-refractivity contribution is 0.0303. The van der Waals surface area contributed by atoms with E-state index in [1.165, 1.54) is 0 Å². The summed E-state index contributed by atoms with van der Waals surface area (Å²) in [5.74, 6) is 0.0412. The second-order valence-corrected chi connectivity index (χ2v) is 7.17. The minimum Gasteiger partial charge on any atom is -0.488 e. The van der Waals surface area contributed by atoms with E-state index in [2.05, 4.69) is 5.32 Å². The quantitative estimate of drug-likeness (QED) is 0.660. The predicted octanol–water partition coefficient (Wildman–Crippen LogP) is 3.99. The number of nitrogens with zero attached hydrogens (tertiary/aromatic N) is 1. The molecule has 6 nitrogen and oxygen atoms in total. The Morgan fingerprint density at radius 1 is 0.839 bits per heavy atom. The summed E-state index contributed by atoms with van der Waals surface area (Å²) >= 11 is 0. The van der Waals surface area contributed by atoms with Crippen LogP contribution in [-0.2, 0) is 11.3 Å². The van der Waals surface area contributed by atoms with Gasteiger partial charge in [0, 0.05) is 13.1 Å². The number of carbonyl (C=O) groups is 2. The number of amides is 2. The molecule has 1 saturated heterocycles. The normalized spacial score (nSPS) is 13.5. The monoisotopic (exact) mass is 416 g/mol. The molecule has 6 heteroatoms. The SMILES string of the molecule is O=C(Nc1ccccc1C(=O)N1CCOCC1)c1ccccc1OCc1ccccc1. The first-order valence-electron chi connectivity index (χ1n) is 10.3. The van der Waals surface area contributed by atoms with E-state index in [-0.39, 0.29) is 11.8 Å². The molecule has 3 aromatic carbocycles. The van der Waals surface area contributed by atoms with Crippen molar-refractivity contribution in [2.75, 3.05) is 31.6 Å². The molecule has 31 heavy (non-hydrogen) atoms. The highest BCUT2D eigenvalue weighted by Gasteiger charge is 2.22. The Labute approximate surface area is 181 Å². The Bertz CT molecular complexity index is 1050. The molecule has 0 spiro atoms. The number of rotatable bonds is 6. The fourth-order valence-electron chi connectivity index (χ4n) is 3.42. The molecule has 0 aliphatic carbocycles. The van der Waals surface area contributed by atoms with E-state index in [9.17, 15) is 9.59 Å². The second kappa shape index (κ2) is 9.91. The van der Waals surface area contributed by atoms with Crippen LogP contribution >= 0.6 is 0 Å².